The standard InChI is InChI=1S/C15H11ClF3N3OS/c16-11-7-9(15(17,18)19)3-6-12(11)22-14(23)21-10-4-1-8(2-5-10)13(20)24/h1-7H,(H2,20,24)(H2,21,22,23). The molecule has 0 saturated carbocycles. The molecule has 0 radical (unpaired) electrons. The van der Waals surface area contributed by atoms with Gasteiger partial charge in [-0.15, -0.1) is 0 Å². The fourth-order valence-electron chi connectivity index (χ4n) is 1.80. The van der Waals surface area contributed by atoms with Gasteiger partial charge in [-0.2, -0.15) is 13.2 Å². The van der Waals surface area contributed by atoms with E-state index in [4.69, 9.17) is 29.6 Å². The first kappa shape index (κ1) is 18.0. The van der Waals surface area contributed by atoms with Gasteiger partial charge in [0, 0.05) is 11.3 Å². The molecule has 0 aliphatic heterocycles. The summed E-state index contributed by atoms with van der Waals surface area (Å²) in [5, 5.41) is 4.67. The first-order chi connectivity index (χ1) is 11.2. The monoisotopic (exact) mass is 373 g/mol. The Bertz CT molecular complexity index is 779. The molecule has 2 amide bonds. The second-order valence-electron chi connectivity index (χ2n) is 4.71. The second kappa shape index (κ2) is 7.06. The van der Waals surface area contributed by atoms with Gasteiger partial charge in [0.2, 0.25) is 0 Å². The Morgan fingerprint density at radius 3 is 2.21 bits per heavy atom. The molecule has 0 bridgehead atoms. The van der Waals surface area contributed by atoms with Gasteiger partial charge in [-0.1, -0.05) is 23.8 Å². The van der Waals surface area contributed by atoms with E-state index in [1.165, 1.54) is 0 Å². The maximum atomic E-state index is 12.6. The van der Waals surface area contributed by atoms with Gasteiger partial charge in [-0.05, 0) is 42.5 Å². The molecule has 9 heteroatoms. The first-order valence-corrected chi connectivity index (χ1v) is 7.30. The lowest BCUT2D eigenvalue weighted by atomic mass is 10.2. The lowest BCUT2D eigenvalue weighted by molar-refractivity contribution is -0.137. The SMILES string of the molecule is NC(=S)c1ccc(NC(=O)Nc2ccc(C(F)(F)F)cc2Cl)cc1. The topological polar surface area (TPSA) is 67.1 Å². The third-order valence-electron chi connectivity index (χ3n) is 2.97. The summed E-state index contributed by atoms with van der Waals surface area (Å²) in [4.78, 5) is 12.1. The second-order valence-corrected chi connectivity index (χ2v) is 5.56. The summed E-state index contributed by atoms with van der Waals surface area (Å²) in [5.74, 6) is 0. The average molecular weight is 374 g/mol. The van der Waals surface area contributed by atoms with E-state index in [-0.39, 0.29) is 15.7 Å². The van der Waals surface area contributed by atoms with E-state index in [1.807, 2.05) is 0 Å². The molecular formula is C15H11ClF3N3OS. The van der Waals surface area contributed by atoms with Crippen molar-refractivity contribution in [3.8, 4) is 0 Å². The molecule has 0 fully saturated rings. The van der Waals surface area contributed by atoms with Crippen LogP contribution in [0.2, 0.25) is 5.02 Å². The molecule has 2 aromatic carbocycles. The highest BCUT2D eigenvalue weighted by molar-refractivity contribution is 7.80. The Morgan fingerprint density at radius 2 is 1.71 bits per heavy atom. The van der Waals surface area contributed by atoms with Crippen molar-refractivity contribution in [2.75, 3.05) is 10.6 Å². The quantitative estimate of drug-likeness (QED) is 0.687. The first-order valence-electron chi connectivity index (χ1n) is 6.51. The van der Waals surface area contributed by atoms with Gasteiger partial charge in [0.1, 0.15) is 4.99 Å². The minimum Gasteiger partial charge on any atom is -0.389 e. The zero-order chi connectivity index (χ0) is 17.9. The third-order valence-corrected chi connectivity index (χ3v) is 3.52. The molecule has 0 aromatic heterocycles. The lowest BCUT2D eigenvalue weighted by Gasteiger charge is -2.12. The molecule has 0 heterocycles. The summed E-state index contributed by atoms with van der Waals surface area (Å²) in [6.45, 7) is 0. The van der Waals surface area contributed by atoms with Crippen LogP contribution in [-0.2, 0) is 6.18 Å². The third kappa shape index (κ3) is 4.59. The van der Waals surface area contributed by atoms with Crippen LogP contribution in [-0.4, -0.2) is 11.0 Å². The Balaban J connectivity index is 2.05. The molecule has 24 heavy (non-hydrogen) atoms. The summed E-state index contributed by atoms with van der Waals surface area (Å²) in [7, 11) is 0. The molecular weight excluding hydrogens is 363 g/mol. The van der Waals surface area contributed by atoms with Gasteiger partial charge in [-0.25, -0.2) is 4.79 Å². The lowest BCUT2D eigenvalue weighted by Crippen LogP contribution is -2.20. The molecule has 0 aliphatic carbocycles. The smallest absolute Gasteiger partial charge is 0.389 e. The van der Waals surface area contributed by atoms with Crippen LogP contribution < -0.4 is 16.4 Å². The molecule has 4 N–H and O–H groups in total. The van der Waals surface area contributed by atoms with Crippen molar-refractivity contribution >= 4 is 46.2 Å². The number of thiocarbonyl (C=S) groups is 1. The van der Waals surface area contributed by atoms with E-state index < -0.39 is 17.8 Å². The molecule has 0 spiro atoms. The van der Waals surface area contributed by atoms with Gasteiger partial charge in [-0.3, -0.25) is 0 Å². The zero-order valence-electron chi connectivity index (χ0n) is 11.9. The van der Waals surface area contributed by atoms with Crippen molar-refractivity contribution in [3.63, 3.8) is 0 Å². The highest BCUT2D eigenvalue weighted by Gasteiger charge is 2.30. The predicted octanol–water partition coefficient (Wildman–Crippen LogP) is 4.64. The van der Waals surface area contributed by atoms with Gasteiger partial charge in [0.15, 0.2) is 0 Å². The van der Waals surface area contributed by atoms with Crippen LogP contribution in [0.1, 0.15) is 11.1 Å². The maximum Gasteiger partial charge on any atom is 0.416 e. The number of urea groups is 1. The molecule has 0 atom stereocenters. The van der Waals surface area contributed by atoms with Gasteiger partial charge >= 0.3 is 12.2 Å². The van der Waals surface area contributed by atoms with E-state index in [0.29, 0.717) is 11.3 Å². The van der Waals surface area contributed by atoms with E-state index in [1.54, 1.807) is 24.3 Å². The zero-order valence-corrected chi connectivity index (χ0v) is 13.5. The summed E-state index contributed by atoms with van der Waals surface area (Å²) < 4.78 is 37.7. The van der Waals surface area contributed by atoms with Crippen LogP contribution in [0, 0.1) is 0 Å². The number of anilines is 2. The van der Waals surface area contributed by atoms with Crippen molar-refractivity contribution < 1.29 is 18.0 Å². The number of rotatable bonds is 3. The predicted molar refractivity (Wildman–Crippen MR) is 91.4 cm³/mol. The highest BCUT2D eigenvalue weighted by atomic mass is 35.5. The number of hydrogen-bond acceptors (Lipinski definition) is 2. The summed E-state index contributed by atoms with van der Waals surface area (Å²) >= 11 is 10.6. The van der Waals surface area contributed by atoms with E-state index in [2.05, 4.69) is 10.6 Å². The van der Waals surface area contributed by atoms with Crippen molar-refractivity contribution in [1.82, 2.24) is 0 Å². The summed E-state index contributed by atoms with van der Waals surface area (Å²) in [6, 6.07) is 8.43. The number of amides is 2. The van der Waals surface area contributed by atoms with E-state index >= 15 is 0 Å². The van der Waals surface area contributed by atoms with Gasteiger partial charge < -0.3 is 16.4 Å². The molecule has 0 saturated heterocycles. The Labute approximate surface area is 145 Å². The number of alkyl halides is 3. The number of carbonyl (C=O) groups is 1. The number of benzene rings is 2. The fraction of sp³-hybridized carbons (Fsp3) is 0.0667. The Kier molecular flexibility index (Phi) is 5.30. The number of hydrogen-bond donors (Lipinski definition) is 3. The Morgan fingerprint density at radius 1 is 1.08 bits per heavy atom. The molecule has 4 nitrogen and oxygen atoms in total. The van der Waals surface area contributed by atoms with Crippen LogP contribution in [0.5, 0.6) is 0 Å². The van der Waals surface area contributed by atoms with Crippen LogP contribution in [0.15, 0.2) is 42.5 Å². The number of carbonyl (C=O) groups excluding carboxylic acids is 1. The summed E-state index contributed by atoms with van der Waals surface area (Å²) in [5.41, 5.74) is 5.72. The maximum absolute atomic E-state index is 12.6. The van der Waals surface area contributed by atoms with Crippen molar-refractivity contribution in [1.29, 1.82) is 0 Å². The largest absolute Gasteiger partial charge is 0.416 e. The minimum atomic E-state index is -4.50. The number of nitrogens with two attached hydrogens (primary N) is 1. The Hall–Kier alpha value is -2.32. The normalized spacial score (nSPS) is 11.0. The van der Waals surface area contributed by atoms with Crippen LogP contribution in [0.3, 0.4) is 0 Å². The molecule has 2 aromatic rings. The average Bonchev–Trinajstić information content (AvgIpc) is 2.48. The van der Waals surface area contributed by atoms with Crippen molar-refractivity contribution in [2.45, 2.75) is 6.18 Å². The van der Waals surface area contributed by atoms with Crippen LogP contribution in [0.4, 0.5) is 29.3 Å². The highest BCUT2D eigenvalue weighted by Crippen LogP contribution is 2.33. The van der Waals surface area contributed by atoms with Crippen LogP contribution >= 0.6 is 23.8 Å². The van der Waals surface area contributed by atoms with Crippen molar-refractivity contribution in [2.24, 2.45) is 5.73 Å². The number of halogens is 4. The van der Waals surface area contributed by atoms with Crippen LogP contribution in [0.25, 0.3) is 0 Å². The van der Waals surface area contributed by atoms with E-state index in [9.17, 15) is 18.0 Å². The van der Waals surface area contributed by atoms with E-state index in [0.717, 1.165) is 18.2 Å². The molecule has 2 rings (SSSR count). The van der Waals surface area contributed by atoms with Gasteiger partial charge in [0.05, 0.1) is 16.3 Å². The fourth-order valence-corrected chi connectivity index (χ4v) is 2.16. The summed E-state index contributed by atoms with van der Waals surface area (Å²) in [6.07, 6.45) is -4.50. The number of nitrogens with one attached hydrogen (secondary N) is 2. The van der Waals surface area contributed by atoms with Crippen molar-refractivity contribution in [3.05, 3.63) is 58.6 Å². The molecule has 0 aliphatic rings. The van der Waals surface area contributed by atoms with Gasteiger partial charge in [0.25, 0.3) is 0 Å². The minimum absolute atomic E-state index is 0.0573. The molecule has 0 unspecified atom stereocenters. The molecule has 126 valence electrons.